The van der Waals surface area contributed by atoms with E-state index in [0.29, 0.717) is 24.6 Å². The number of benzene rings is 2. The normalized spacial score (nSPS) is 19.4. The van der Waals surface area contributed by atoms with Crippen LogP contribution in [0.5, 0.6) is 5.75 Å². The quantitative estimate of drug-likeness (QED) is 0.791. The van der Waals surface area contributed by atoms with E-state index >= 15 is 0 Å². The van der Waals surface area contributed by atoms with Crippen molar-refractivity contribution in [2.45, 2.75) is 26.7 Å². The third-order valence-electron chi connectivity index (χ3n) is 7.03. The van der Waals surface area contributed by atoms with Gasteiger partial charge in [0.1, 0.15) is 5.75 Å². The van der Waals surface area contributed by atoms with E-state index < -0.39 is 0 Å². The Labute approximate surface area is 182 Å². The molecular formula is C25H24BN3O2. The number of phenolic OH excluding ortho intramolecular Hbond substituents is 1. The molecule has 2 aliphatic heterocycles. The van der Waals surface area contributed by atoms with Crippen LogP contribution in [0.4, 0.5) is 0 Å². The van der Waals surface area contributed by atoms with E-state index in [4.69, 9.17) is 4.90 Å². The molecule has 5 nitrogen and oxygen atoms in total. The second-order valence-corrected chi connectivity index (χ2v) is 9.28. The number of phenols is 1. The Hall–Kier alpha value is -3.33. The third kappa shape index (κ3) is 3.25. The lowest BCUT2D eigenvalue weighted by Crippen LogP contribution is -2.64. The SMILES string of the molecule is CC1=NB(c2ccccc2C)C(C2CC3(C2)CN(C(=O)c2cc(O)ccc2C#N)C3)=C1. The molecule has 1 aliphatic carbocycles. The minimum Gasteiger partial charge on any atom is -0.508 e. The van der Waals surface area contributed by atoms with Crippen LogP contribution in [-0.4, -0.2) is 41.6 Å². The van der Waals surface area contributed by atoms with Gasteiger partial charge in [-0.3, -0.25) is 4.79 Å². The van der Waals surface area contributed by atoms with Crippen molar-refractivity contribution in [2.75, 3.05) is 13.1 Å². The molecule has 154 valence electrons. The number of nitriles is 1. The molecule has 2 heterocycles. The molecule has 1 N–H and O–H groups in total. The maximum absolute atomic E-state index is 12.9. The predicted octanol–water partition coefficient (Wildman–Crippen LogP) is 3.26. The molecule has 0 atom stereocenters. The Morgan fingerprint density at radius 1 is 1.23 bits per heavy atom. The van der Waals surface area contributed by atoms with Gasteiger partial charge in [-0.05, 0) is 62.3 Å². The Bertz CT molecular complexity index is 1180. The van der Waals surface area contributed by atoms with Crippen LogP contribution in [0, 0.1) is 29.6 Å². The van der Waals surface area contributed by atoms with Gasteiger partial charge in [0, 0.05) is 24.2 Å². The molecule has 0 bridgehead atoms. The van der Waals surface area contributed by atoms with Crippen LogP contribution in [0.2, 0.25) is 0 Å². The summed E-state index contributed by atoms with van der Waals surface area (Å²) in [4.78, 5) is 19.6. The van der Waals surface area contributed by atoms with Crippen molar-refractivity contribution in [3.8, 4) is 11.8 Å². The summed E-state index contributed by atoms with van der Waals surface area (Å²) in [7, 11) is 0. The smallest absolute Gasteiger partial charge is 0.341 e. The number of aromatic hydroxyl groups is 1. The van der Waals surface area contributed by atoms with Gasteiger partial charge in [-0.1, -0.05) is 35.3 Å². The maximum Gasteiger partial charge on any atom is 0.341 e. The predicted molar refractivity (Wildman–Crippen MR) is 122 cm³/mol. The van der Waals surface area contributed by atoms with Crippen molar-refractivity contribution in [1.82, 2.24) is 4.90 Å². The number of allylic oxidation sites excluding steroid dienone is 2. The van der Waals surface area contributed by atoms with Crippen molar-refractivity contribution in [2.24, 2.45) is 16.2 Å². The number of likely N-dealkylation sites (tertiary alicyclic amines) is 1. The van der Waals surface area contributed by atoms with Crippen LogP contribution >= 0.6 is 0 Å². The van der Waals surface area contributed by atoms with Gasteiger partial charge in [0.2, 0.25) is 0 Å². The molecular weight excluding hydrogens is 385 g/mol. The lowest BCUT2D eigenvalue weighted by Gasteiger charge is -2.59. The minimum atomic E-state index is -0.168. The van der Waals surface area contributed by atoms with Gasteiger partial charge >= 0.3 is 6.85 Å². The molecule has 2 aromatic carbocycles. The van der Waals surface area contributed by atoms with Crippen molar-refractivity contribution in [1.29, 1.82) is 5.26 Å². The van der Waals surface area contributed by atoms with E-state index in [1.165, 1.54) is 34.7 Å². The van der Waals surface area contributed by atoms with Gasteiger partial charge in [-0.25, -0.2) is 0 Å². The summed E-state index contributed by atoms with van der Waals surface area (Å²) in [5, 5.41) is 19.0. The van der Waals surface area contributed by atoms with Gasteiger partial charge in [0.25, 0.3) is 5.91 Å². The highest BCUT2D eigenvalue weighted by atomic mass is 16.3. The average molecular weight is 409 g/mol. The third-order valence-corrected chi connectivity index (χ3v) is 7.03. The maximum atomic E-state index is 12.9. The summed E-state index contributed by atoms with van der Waals surface area (Å²) in [6, 6.07) is 14.8. The van der Waals surface area contributed by atoms with E-state index in [1.54, 1.807) is 4.90 Å². The number of rotatable bonds is 3. The first kappa shape index (κ1) is 19.6. The molecule has 2 fully saturated rings. The second-order valence-electron chi connectivity index (χ2n) is 9.28. The van der Waals surface area contributed by atoms with Crippen molar-refractivity contribution < 1.29 is 9.90 Å². The fourth-order valence-electron chi connectivity index (χ4n) is 5.48. The Balaban J connectivity index is 1.26. The van der Waals surface area contributed by atoms with Gasteiger partial charge in [0.05, 0.1) is 17.2 Å². The molecule has 3 aliphatic rings. The summed E-state index contributed by atoms with van der Waals surface area (Å²) in [6.07, 6.45) is 4.39. The first-order valence-electron chi connectivity index (χ1n) is 10.7. The zero-order valence-corrected chi connectivity index (χ0v) is 17.8. The monoisotopic (exact) mass is 409 g/mol. The molecule has 6 heteroatoms. The van der Waals surface area contributed by atoms with Crippen LogP contribution < -0.4 is 5.46 Å². The standard InChI is InChI=1S/C25H24BN3O2/c1-16-5-3-4-6-22(16)26-23(9-17(2)28-26)19-11-25(12-19)14-29(15-25)24(31)21-10-20(30)8-7-18(21)13-27/h3-10,19,30H,11-12,14-15H2,1-2H3. The molecule has 1 amide bonds. The number of hydrogen-bond acceptors (Lipinski definition) is 4. The van der Waals surface area contributed by atoms with Gasteiger partial charge in [0.15, 0.2) is 0 Å². The van der Waals surface area contributed by atoms with Crippen molar-refractivity contribution in [3.05, 3.63) is 70.7 Å². The van der Waals surface area contributed by atoms with Crippen molar-refractivity contribution in [3.63, 3.8) is 0 Å². The molecule has 1 saturated carbocycles. The molecule has 0 radical (unpaired) electrons. The van der Waals surface area contributed by atoms with Gasteiger partial charge in [-0.15, -0.1) is 0 Å². The van der Waals surface area contributed by atoms with Crippen LogP contribution in [0.3, 0.4) is 0 Å². The van der Waals surface area contributed by atoms with Gasteiger partial charge < -0.3 is 14.9 Å². The van der Waals surface area contributed by atoms with E-state index in [2.05, 4.69) is 44.2 Å². The minimum absolute atomic E-state index is 0.00656. The lowest BCUT2D eigenvalue weighted by molar-refractivity contribution is -0.0649. The molecule has 0 aromatic heterocycles. The van der Waals surface area contributed by atoms with E-state index in [0.717, 1.165) is 18.6 Å². The van der Waals surface area contributed by atoms with Crippen LogP contribution in [0.15, 0.2) is 58.9 Å². The lowest BCUT2D eigenvalue weighted by atomic mass is 9.42. The van der Waals surface area contributed by atoms with Crippen LogP contribution in [-0.2, 0) is 0 Å². The van der Waals surface area contributed by atoms with Crippen molar-refractivity contribution >= 4 is 23.9 Å². The second kappa shape index (κ2) is 7.13. The van der Waals surface area contributed by atoms with Crippen LogP contribution in [0.1, 0.15) is 41.3 Å². The number of carbonyl (C=O) groups excluding carboxylic acids is 1. The largest absolute Gasteiger partial charge is 0.508 e. The number of aryl methyl sites for hydroxylation is 1. The summed E-state index contributed by atoms with van der Waals surface area (Å²) in [5.41, 5.74) is 5.81. The summed E-state index contributed by atoms with van der Waals surface area (Å²) in [5.74, 6) is 0.337. The first-order chi connectivity index (χ1) is 14.9. The molecule has 1 saturated heterocycles. The van der Waals surface area contributed by atoms with Crippen LogP contribution in [0.25, 0.3) is 0 Å². The van der Waals surface area contributed by atoms with E-state index in [1.807, 2.05) is 6.07 Å². The summed E-state index contributed by atoms with van der Waals surface area (Å²) >= 11 is 0. The highest BCUT2D eigenvalue weighted by Gasteiger charge is 2.55. The fraction of sp³-hybridized carbons (Fsp3) is 0.320. The highest BCUT2D eigenvalue weighted by Crippen LogP contribution is 2.55. The molecule has 1 spiro atoms. The Morgan fingerprint density at radius 2 is 1.97 bits per heavy atom. The Morgan fingerprint density at radius 3 is 2.68 bits per heavy atom. The number of nitrogens with zero attached hydrogens (tertiary/aromatic N) is 3. The molecule has 5 rings (SSSR count). The number of amides is 1. The molecule has 0 unspecified atom stereocenters. The fourth-order valence-corrected chi connectivity index (χ4v) is 5.48. The molecule has 31 heavy (non-hydrogen) atoms. The summed E-state index contributed by atoms with van der Waals surface area (Å²) < 4.78 is 0. The highest BCUT2D eigenvalue weighted by molar-refractivity contribution is 6.81. The van der Waals surface area contributed by atoms with Gasteiger partial charge in [-0.2, -0.15) is 5.26 Å². The molecule has 2 aromatic rings. The Kier molecular flexibility index (Phi) is 4.51. The zero-order chi connectivity index (χ0) is 21.8. The van der Waals surface area contributed by atoms with E-state index in [9.17, 15) is 15.2 Å². The topological polar surface area (TPSA) is 76.7 Å². The number of carbonyl (C=O) groups is 1. The zero-order valence-electron chi connectivity index (χ0n) is 17.8. The summed E-state index contributed by atoms with van der Waals surface area (Å²) in [6.45, 7) is 5.76. The number of hydrogen-bond donors (Lipinski definition) is 1. The first-order valence-corrected chi connectivity index (χ1v) is 10.7. The average Bonchev–Trinajstić information content (AvgIpc) is 3.07. The van der Waals surface area contributed by atoms with E-state index in [-0.39, 0.29) is 29.5 Å².